The highest BCUT2D eigenvalue weighted by Gasteiger charge is 2.26. The van der Waals surface area contributed by atoms with Crippen LogP contribution in [0, 0.1) is 0 Å². The molecule has 4 atom stereocenters. The Morgan fingerprint density at radius 2 is 0.847 bits per heavy atom. The van der Waals surface area contributed by atoms with Crippen molar-refractivity contribution in [1.29, 1.82) is 0 Å². The van der Waals surface area contributed by atoms with Crippen LogP contribution in [0.25, 0.3) is 0 Å². The van der Waals surface area contributed by atoms with E-state index in [0.29, 0.717) is 41.7 Å². The van der Waals surface area contributed by atoms with Crippen LogP contribution in [0.2, 0.25) is 0 Å². The molecule has 0 bridgehead atoms. The summed E-state index contributed by atoms with van der Waals surface area (Å²) in [7, 11) is 4.15. The van der Waals surface area contributed by atoms with Gasteiger partial charge in [-0.1, -0.05) is 133 Å². The van der Waals surface area contributed by atoms with E-state index in [1.807, 2.05) is 127 Å². The average Bonchev–Trinajstić information content (AvgIpc) is 3.59. The summed E-state index contributed by atoms with van der Waals surface area (Å²) in [5.74, 6) is -2.98. The van der Waals surface area contributed by atoms with Crippen LogP contribution in [0.3, 0.4) is 0 Å². The summed E-state index contributed by atoms with van der Waals surface area (Å²) in [5.41, 5.74) is 11.4. The predicted octanol–water partition coefficient (Wildman–Crippen LogP) is 7.60. The highest BCUT2D eigenvalue weighted by atomic mass is 16.6. The Morgan fingerprint density at radius 3 is 1.20 bits per heavy atom. The molecule has 0 aliphatic heterocycles. The van der Waals surface area contributed by atoms with Gasteiger partial charge in [0.05, 0.1) is 38.0 Å². The maximum atomic E-state index is 13.0. The molecular formula is C66H67N7O12. The molecule has 3 heterocycles. The largest absolute Gasteiger partial charge is 0.493 e. The van der Waals surface area contributed by atoms with Crippen LogP contribution in [0.4, 0.5) is 0 Å². The van der Waals surface area contributed by atoms with Gasteiger partial charge in [-0.05, 0) is 89.2 Å². The Labute approximate surface area is 493 Å². The zero-order valence-corrected chi connectivity index (χ0v) is 47.2. The Kier molecular flexibility index (Phi) is 27.5. The second kappa shape index (κ2) is 35.9. The maximum Gasteiger partial charge on any atom is 0.334 e. The van der Waals surface area contributed by atoms with Gasteiger partial charge in [0.15, 0.2) is 11.5 Å². The first-order valence-electron chi connectivity index (χ1n) is 26.6. The van der Waals surface area contributed by atoms with Crippen molar-refractivity contribution in [3.63, 3.8) is 0 Å². The molecule has 0 spiro atoms. The lowest BCUT2D eigenvalue weighted by Gasteiger charge is -2.19. The van der Waals surface area contributed by atoms with Gasteiger partial charge in [-0.2, -0.15) is 0 Å². The number of aliphatic carboxylic acids is 1. The monoisotopic (exact) mass is 1150 g/mol. The number of amides is 3. The first-order valence-corrected chi connectivity index (χ1v) is 26.6. The zero-order valence-electron chi connectivity index (χ0n) is 47.2. The summed E-state index contributed by atoms with van der Waals surface area (Å²) >= 11 is 0. The van der Waals surface area contributed by atoms with Crippen LogP contribution in [-0.4, -0.2) is 107 Å². The van der Waals surface area contributed by atoms with Crippen LogP contribution in [0.1, 0.15) is 58.9 Å². The molecule has 19 heteroatoms. The number of carbonyl (C=O) groups is 7. The molecule has 4 unspecified atom stereocenters. The molecule has 0 saturated heterocycles. The molecule has 0 radical (unpaired) electrons. The Morgan fingerprint density at radius 1 is 0.471 bits per heavy atom. The number of nitrogens with zero attached hydrogens (tertiary/aromatic N) is 3. The summed E-state index contributed by atoms with van der Waals surface area (Å²) in [6.45, 7) is 3.73. The lowest BCUT2D eigenvalue weighted by molar-refractivity contribution is -0.143. The minimum atomic E-state index is -1.06. The standard InChI is InChI=1S/C25H24N2O4.C16H16N2O3.C15H14N2O3.C10H13NO2/c1-3-8-18-12-13-22(23(16-18)30-2)31-25(29)21(15-19-9-5-4-6-10-19)27-24(28)20-11-7-14-26-17-20;1-21-16(20)14(10-12-6-3-2-4-7-12)18-15(19)13-8-5-9-17-11-13;18-14(12-7-4-8-16-10-12)17-13(15(19)20)9-11-5-2-1-3-6-11;1-13-10(12)9(11)7-8-5-3-2-4-6-8/h3-7,9-14,16-17,21H,1,8,15H2,2H3,(H,27,28);2-9,11,14H,10H2,1H3,(H,18,19);1-8,10,13H,9H2,(H,17,18)(H,19,20);2-6,9H,7,11H2,1H3. The summed E-state index contributed by atoms with van der Waals surface area (Å²) in [4.78, 5) is 95.4. The second-order valence-corrected chi connectivity index (χ2v) is 18.5. The molecule has 8 aromatic rings. The molecule has 5 aromatic carbocycles. The molecule has 6 N–H and O–H groups in total. The number of hydrogen-bond donors (Lipinski definition) is 5. The van der Waals surface area contributed by atoms with Crippen molar-refractivity contribution in [1.82, 2.24) is 30.9 Å². The Hall–Kier alpha value is -10.7. The lowest BCUT2D eigenvalue weighted by Crippen LogP contribution is -2.44. The maximum absolute atomic E-state index is 13.0. The number of hydrogen-bond acceptors (Lipinski definition) is 15. The third-order valence-electron chi connectivity index (χ3n) is 12.2. The van der Waals surface area contributed by atoms with E-state index in [-0.39, 0.29) is 30.5 Å². The van der Waals surface area contributed by atoms with Gasteiger partial charge in [-0.25, -0.2) is 14.4 Å². The average molecular weight is 1150 g/mol. The molecule has 3 amide bonds. The fourth-order valence-electron chi connectivity index (χ4n) is 7.87. The van der Waals surface area contributed by atoms with E-state index < -0.39 is 53.9 Å². The Balaban J connectivity index is 0.000000216. The van der Waals surface area contributed by atoms with Gasteiger partial charge in [-0.15, -0.1) is 6.58 Å². The minimum Gasteiger partial charge on any atom is -0.493 e. The number of carboxylic acids is 1. The van der Waals surface area contributed by atoms with E-state index in [4.69, 9.17) is 19.9 Å². The van der Waals surface area contributed by atoms with Gasteiger partial charge in [0.1, 0.15) is 24.2 Å². The number of allylic oxidation sites excluding steroid dienone is 1. The van der Waals surface area contributed by atoms with Crippen molar-refractivity contribution >= 4 is 41.6 Å². The van der Waals surface area contributed by atoms with E-state index in [0.717, 1.165) is 27.8 Å². The zero-order chi connectivity index (χ0) is 61.2. The van der Waals surface area contributed by atoms with Gasteiger partial charge in [0, 0.05) is 56.4 Å². The van der Waals surface area contributed by atoms with E-state index in [2.05, 4.69) is 42.2 Å². The number of carbonyl (C=O) groups excluding carboxylic acids is 6. The number of pyridine rings is 3. The molecule has 19 nitrogen and oxygen atoms in total. The van der Waals surface area contributed by atoms with Crippen LogP contribution in [-0.2, 0) is 60.8 Å². The van der Waals surface area contributed by atoms with Crippen molar-refractivity contribution in [2.75, 3.05) is 21.3 Å². The van der Waals surface area contributed by atoms with Gasteiger partial charge in [0.2, 0.25) is 0 Å². The molecule has 85 heavy (non-hydrogen) atoms. The number of benzene rings is 5. The molecule has 3 aromatic heterocycles. The van der Waals surface area contributed by atoms with E-state index in [1.54, 1.807) is 73.2 Å². The summed E-state index contributed by atoms with van der Waals surface area (Å²) in [6.07, 6.45) is 12.9. The van der Waals surface area contributed by atoms with Gasteiger partial charge >= 0.3 is 23.9 Å². The van der Waals surface area contributed by atoms with Gasteiger partial charge < -0.3 is 45.7 Å². The van der Waals surface area contributed by atoms with Crippen LogP contribution >= 0.6 is 0 Å². The third kappa shape index (κ3) is 23.0. The number of nitrogens with one attached hydrogen (secondary N) is 3. The third-order valence-corrected chi connectivity index (χ3v) is 12.2. The van der Waals surface area contributed by atoms with Crippen molar-refractivity contribution in [3.05, 3.63) is 270 Å². The van der Waals surface area contributed by atoms with Crippen molar-refractivity contribution in [3.8, 4) is 11.5 Å². The van der Waals surface area contributed by atoms with E-state index in [1.165, 1.54) is 39.9 Å². The number of aromatic nitrogens is 3. The van der Waals surface area contributed by atoms with Gasteiger partial charge in [-0.3, -0.25) is 34.1 Å². The van der Waals surface area contributed by atoms with Crippen molar-refractivity contribution in [2.24, 2.45) is 5.73 Å². The smallest absolute Gasteiger partial charge is 0.334 e. The molecule has 0 saturated carbocycles. The topological polar surface area (TPSA) is 277 Å². The number of methoxy groups -OCH3 is 3. The van der Waals surface area contributed by atoms with Gasteiger partial charge in [0.25, 0.3) is 17.7 Å². The summed E-state index contributed by atoms with van der Waals surface area (Å²) in [5, 5.41) is 17.1. The predicted molar refractivity (Wildman–Crippen MR) is 319 cm³/mol. The number of carboxylic acid groups (broad SMARTS) is 1. The quantitative estimate of drug-likeness (QED) is 0.0248. The first kappa shape index (κ1) is 65.2. The van der Waals surface area contributed by atoms with Crippen molar-refractivity contribution in [2.45, 2.75) is 56.3 Å². The lowest BCUT2D eigenvalue weighted by atomic mass is 10.1. The summed E-state index contributed by atoms with van der Waals surface area (Å²) < 4.78 is 20.3. The van der Waals surface area contributed by atoms with Crippen LogP contribution in [0.5, 0.6) is 11.5 Å². The molecular weight excluding hydrogens is 1080 g/mol. The van der Waals surface area contributed by atoms with Crippen LogP contribution in [0.15, 0.2) is 226 Å². The number of esters is 3. The second-order valence-electron chi connectivity index (χ2n) is 18.5. The van der Waals surface area contributed by atoms with E-state index >= 15 is 0 Å². The normalized spacial score (nSPS) is 11.5. The molecule has 0 fully saturated rings. The first-order chi connectivity index (χ1) is 41.2. The van der Waals surface area contributed by atoms with Crippen LogP contribution < -0.4 is 31.2 Å². The SMILES string of the molecule is C=CCc1ccc(OC(=O)C(Cc2ccccc2)NC(=O)c2cccnc2)c(OC)c1.COC(=O)C(Cc1ccccc1)NC(=O)c1cccnc1.COC(=O)C(N)Cc1ccccc1.O=C(NC(Cc1ccccc1)C(=O)O)c1cccnc1. The number of rotatable bonds is 22. The highest BCUT2D eigenvalue weighted by Crippen LogP contribution is 2.29. The minimum absolute atomic E-state index is 0.238. The van der Waals surface area contributed by atoms with E-state index in [9.17, 15) is 38.7 Å². The molecule has 8 rings (SSSR count). The summed E-state index contributed by atoms with van der Waals surface area (Å²) in [6, 6.07) is 49.6. The van der Waals surface area contributed by atoms with Crippen molar-refractivity contribution < 1.29 is 57.6 Å². The molecule has 438 valence electrons. The number of nitrogens with two attached hydrogens (primary N) is 1. The highest BCUT2D eigenvalue weighted by molar-refractivity contribution is 5.98. The fraction of sp³-hybridized carbons (Fsp3) is 0.182. The fourth-order valence-corrected chi connectivity index (χ4v) is 7.87. The molecule has 0 aliphatic rings. The number of ether oxygens (including phenoxy) is 4. The Bertz CT molecular complexity index is 3350. The molecule has 0 aliphatic carbocycles.